The number of hydrogen-bond acceptors (Lipinski definition) is 7. The van der Waals surface area contributed by atoms with Gasteiger partial charge >= 0.3 is 0 Å². The van der Waals surface area contributed by atoms with Crippen LogP contribution in [0, 0.1) is 11.3 Å². The van der Waals surface area contributed by atoms with Gasteiger partial charge in [-0.3, -0.25) is 29.0 Å². The minimum Gasteiger partial charge on any atom is -0.508 e. The molecular weight excluding hydrogens is 649 g/mol. The summed E-state index contributed by atoms with van der Waals surface area (Å²) in [5.41, 5.74) is 3.50. The number of likely N-dealkylation sites (tertiary alicyclic amines) is 1. The first-order chi connectivity index (χ1) is 23.6. The number of unbranched alkanes of at least 4 members (excludes halogenated alkanes) is 4. The van der Waals surface area contributed by atoms with Gasteiger partial charge in [-0.2, -0.15) is 0 Å². The number of nitrogens with one attached hydrogen (secondary N) is 2. The van der Waals surface area contributed by atoms with Crippen molar-refractivity contribution in [1.29, 1.82) is 0 Å². The molecule has 0 unspecified atom stereocenters. The number of hydrogen-bond donors (Lipinski definition) is 3. The van der Waals surface area contributed by atoms with Crippen LogP contribution in [-0.4, -0.2) is 74.3 Å². The highest BCUT2D eigenvalue weighted by molar-refractivity contribution is 8.00. The number of phenolic OH excluding ortho intramolecular Hbond substituents is 1. The topological polar surface area (TPSA) is 123 Å². The summed E-state index contributed by atoms with van der Waals surface area (Å²) in [7, 11) is 0. The van der Waals surface area contributed by atoms with Crippen molar-refractivity contribution >= 4 is 46.2 Å². The SMILES string of the molecule is CC(C)(C)Cc1c(SC(C)(C)C)[nH]c2c(CN3CC[C@H](CCC(=O)CCCCCNC(=O)CCCCCN4C(=O)C=CC4=O)C3)c(O)ccc12. The highest BCUT2D eigenvalue weighted by Crippen LogP contribution is 2.42. The highest BCUT2D eigenvalue weighted by atomic mass is 32.2. The predicted molar refractivity (Wildman–Crippen MR) is 202 cm³/mol. The molecule has 9 nitrogen and oxygen atoms in total. The third-order valence-electron chi connectivity index (χ3n) is 9.47. The summed E-state index contributed by atoms with van der Waals surface area (Å²) in [4.78, 5) is 55.3. The van der Waals surface area contributed by atoms with Crippen molar-refractivity contribution in [3.63, 3.8) is 0 Å². The van der Waals surface area contributed by atoms with Crippen LogP contribution in [0.3, 0.4) is 0 Å². The second-order valence-electron chi connectivity index (χ2n) is 16.5. The van der Waals surface area contributed by atoms with E-state index in [0.717, 1.165) is 75.5 Å². The maximum atomic E-state index is 12.7. The smallest absolute Gasteiger partial charge is 0.253 e. The zero-order valence-electron chi connectivity index (χ0n) is 31.3. The van der Waals surface area contributed by atoms with Crippen LogP contribution in [0.5, 0.6) is 5.75 Å². The molecule has 3 N–H and O–H groups in total. The summed E-state index contributed by atoms with van der Waals surface area (Å²) in [6.07, 6.45) is 12.0. The van der Waals surface area contributed by atoms with Crippen molar-refractivity contribution in [2.24, 2.45) is 11.3 Å². The number of aromatic amines is 1. The monoisotopic (exact) mass is 708 g/mol. The van der Waals surface area contributed by atoms with E-state index in [0.29, 0.717) is 62.8 Å². The number of phenols is 1. The van der Waals surface area contributed by atoms with Gasteiger partial charge in [-0.15, -0.1) is 11.8 Å². The largest absolute Gasteiger partial charge is 0.508 e. The van der Waals surface area contributed by atoms with Crippen LogP contribution in [0.4, 0.5) is 0 Å². The molecule has 3 amide bonds. The number of carbonyl (C=O) groups is 4. The number of fused-ring (bicyclic) bond motifs is 1. The molecule has 276 valence electrons. The Labute approximate surface area is 303 Å². The van der Waals surface area contributed by atoms with Gasteiger partial charge in [0.25, 0.3) is 11.8 Å². The Kier molecular flexibility index (Phi) is 14.2. The fraction of sp³-hybridized carbons (Fsp3) is 0.650. The van der Waals surface area contributed by atoms with Gasteiger partial charge in [0.1, 0.15) is 11.5 Å². The Morgan fingerprint density at radius 3 is 2.32 bits per heavy atom. The maximum absolute atomic E-state index is 12.7. The predicted octanol–water partition coefficient (Wildman–Crippen LogP) is 7.69. The molecule has 50 heavy (non-hydrogen) atoms. The Hall–Kier alpha value is -3.11. The Balaban J connectivity index is 1.11. The zero-order valence-corrected chi connectivity index (χ0v) is 32.1. The molecule has 1 atom stereocenters. The summed E-state index contributed by atoms with van der Waals surface area (Å²) in [6.45, 7) is 17.2. The normalized spacial score (nSPS) is 17.1. The fourth-order valence-corrected chi connectivity index (χ4v) is 8.00. The molecule has 1 aromatic carbocycles. The molecule has 0 radical (unpaired) electrons. The van der Waals surface area contributed by atoms with Gasteiger partial charge in [0, 0.05) is 73.3 Å². The molecule has 1 fully saturated rings. The van der Waals surface area contributed by atoms with E-state index in [1.54, 1.807) is 0 Å². The molecule has 4 rings (SSSR count). The molecule has 2 aliphatic rings. The third kappa shape index (κ3) is 12.3. The lowest BCUT2D eigenvalue weighted by molar-refractivity contribution is -0.137. The van der Waals surface area contributed by atoms with E-state index in [4.69, 9.17) is 0 Å². The number of aromatic nitrogens is 1. The molecule has 0 aliphatic carbocycles. The average Bonchev–Trinajstić information content (AvgIpc) is 3.71. The summed E-state index contributed by atoms with van der Waals surface area (Å²) >= 11 is 1.86. The Bertz CT molecular complexity index is 1510. The molecule has 1 aromatic heterocycles. The van der Waals surface area contributed by atoms with Crippen molar-refractivity contribution < 1.29 is 24.3 Å². The number of aromatic hydroxyl groups is 1. The molecule has 2 aliphatic heterocycles. The van der Waals surface area contributed by atoms with Crippen LogP contribution in [-0.2, 0) is 32.1 Å². The highest BCUT2D eigenvalue weighted by Gasteiger charge is 2.28. The van der Waals surface area contributed by atoms with Gasteiger partial charge in [-0.25, -0.2) is 0 Å². The van der Waals surface area contributed by atoms with Crippen LogP contribution in [0.2, 0.25) is 0 Å². The van der Waals surface area contributed by atoms with Crippen molar-refractivity contribution in [2.75, 3.05) is 26.2 Å². The molecule has 0 saturated carbocycles. The van der Waals surface area contributed by atoms with Gasteiger partial charge in [-0.05, 0) is 80.5 Å². The first kappa shape index (κ1) is 39.7. The average molecular weight is 709 g/mol. The van der Waals surface area contributed by atoms with Crippen LogP contribution in [0.1, 0.15) is 123 Å². The molecule has 0 spiro atoms. The molecule has 2 aromatic rings. The van der Waals surface area contributed by atoms with Gasteiger partial charge in [0.05, 0.1) is 10.5 Å². The van der Waals surface area contributed by atoms with Gasteiger partial charge < -0.3 is 15.4 Å². The van der Waals surface area contributed by atoms with Crippen molar-refractivity contribution in [3.05, 3.63) is 35.4 Å². The number of carbonyl (C=O) groups excluding carboxylic acids is 4. The number of H-pyrrole nitrogens is 1. The lowest BCUT2D eigenvalue weighted by Crippen LogP contribution is -2.30. The lowest BCUT2D eigenvalue weighted by Gasteiger charge is -2.22. The zero-order chi connectivity index (χ0) is 36.5. The second kappa shape index (κ2) is 17.9. The van der Waals surface area contributed by atoms with E-state index in [2.05, 4.69) is 62.8 Å². The van der Waals surface area contributed by atoms with Crippen LogP contribution >= 0.6 is 11.8 Å². The lowest BCUT2D eigenvalue weighted by atomic mass is 9.88. The van der Waals surface area contributed by atoms with E-state index in [9.17, 15) is 24.3 Å². The van der Waals surface area contributed by atoms with Crippen LogP contribution in [0.25, 0.3) is 10.9 Å². The van der Waals surface area contributed by atoms with Crippen molar-refractivity contribution in [3.8, 4) is 5.75 Å². The van der Waals surface area contributed by atoms with E-state index in [-0.39, 0.29) is 27.9 Å². The van der Waals surface area contributed by atoms with Crippen LogP contribution in [0.15, 0.2) is 29.3 Å². The maximum Gasteiger partial charge on any atom is 0.253 e. The Morgan fingerprint density at radius 1 is 0.920 bits per heavy atom. The summed E-state index contributed by atoms with van der Waals surface area (Å²) < 4.78 is 0.0658. The van der Waals surface area contributed by atoms with E-state index in [1.807, 2.05) is 17.8 Å². The number of nitrogens with zero attached hydrogens (tertiary/aromatic N) is 2. The number of Topliss-reactive ketones (excluding diaryl/α,β-unsaturated/α-hetero) is 1. The third-order valence-corrected chi connectivity index (χ3v) is 10.6. The number of ketones is 1. The molecule has 10 heteroatoms. The number of amides is 3. The minimum absolute atomic E-state index is 0.0241. The summed E-state index contributed by atoms with van der Waals surface area (Å²) in [5, 5.41) is 16.4. The molecular formula is C40H60N4O5S. The van der Waals surface area contributed by atoms with E-state index in [1.165, 1.54) is 33.0 Å². The van der Waals surface area contributed by atoms with Crippen molar-refractivity contribution in [1.82, 2.24) is 20.1 Å². The standard InChI is InChI=1S/C40H60N4O5S/c1-39(2,3)25-31-30-17-18-33(46)32(37(30)42-38(31)50-40(4,5)6)27-43-24-21-28(26-43)15-16-29(45)13-9-7-11-22-41-34(47)14-10-8-12-23-44-35(48)19-20-36(44)49/h17-20,28,42,46H,7-16,21-27H2,1-6H3,(H,41,47)/t28-/m0/s1. The summed E-state index contributed by atoms with van der Waals surface area (Å²) in [5.74, 6) is 0.660. The van der Waals surface area contributed by atoms with Crippen molar-refractivity contribution in [2.45, 2.75) is 135 Å². The number of rotatable bonds is 19. The van der Waals surface area contributed by atoms with Gasteiger partial charge in [-0.1, -0.05) is 54.4 Å². The summed E-state index contributed by atoms with van der Waals surface area (Å²) in [6, 6.07) is 3.93. The van der Waals surface area contributed by atoms with E-state index >= 15 is 0 Å². The molecule has 1 saturated heterocycles. The number of benzene rings is 1. The fourth-order valence-electron chi connectivity index (χ4n) is 6.93. The second-order valence-corrected chi connectivity index (χ2v) is 18.3. The molecule has 3 heterocycles. The van der Waals surface area contributed by atoms with E-state index < -0.39 is 0 Å². The van der Waals surface area contributed by atoms with Gasteiger partial charge in [0.15, 0.2) is 0 Å². The van der Waals surface area contributed by atoms with Gasteiger partial charge in [0.2, 0.25) is 5.91 Å². The first-order valence-electron chi connectivity index (χ1n) is 18.7. The minimum atomic E-state index is -0.259. The molecule has 0 bridgehead atoms. The number of thioether (sulfide) groups is 1. The number of imide groups is 1. The Morgan fingerprint density at radius 2 is 1.62 bits per heavy atom. The quantitative estimate of drug-likeness (QED) is 0.0777. The first-order valence-corrected chi connectivity index (χ1v) is 19.5. The van der Waals surface area contributed by atoms with Crippen LogP contribution < -0.4 is 5.32 Å².